The second kappa shape index (κ2) is 5.21. The molecule has 0 spiro atoms. The van der Waals surface area contributed by atoms with Crippen molar-refractivity contribution in [2.24, 2.45) is 0 Å². The number of rotatable bonds is 3. The number of aromatic nitrogens is 2. The predicted molar refractivity (Wildman–Crippen MR) is 68.3 cm³/mol. The number of benzene rings is 1. The smallest absolute Gasteiger partial charge is 0.150 e. The van der Waals surface area contributed by atoms with Crippen molar-refractivity contribution in [2.45, 2.75) is 0 Å². The molecule has 0 bridgehead atoms. The number of nitrogens with one attached hydrogen (secondary N) is 1. The molecule has 4 nitrogen and oxygen atoms in total. The molecule has 17 heavy (non-hydrogen) atoms. The van der Waals surface area contributed by atoms with E-state index in [1.165, 1.54) is 6.20 Å². The van der Waals surface area contributed by atoms with E-state index in [4.69, 9.17) is 27.9 Å². The summed E-state index contributed by atoms with van der Waals surface area (Å²) in [7, 11) is 1.56. The monoisotopic (exact) mass is 269 g/mol. The zero-order valence-corrected chi connectivity index (χ0v) is 10.5. The quantitative estimate of drug-likeness (QED) is 0.926. The highest BCUT2D eigenvalue weighted by atomic mass is 35.5. The summed E-state index contributed by atoms with van der Waals surface area (Å²) in [4.78, 5) is 7.99. The van der Waals surface area contributed by atoms with Crippen molar-refractivity contribution < 1.29 is 4.74 Å². The van der Waals surface area contributed by atoms with Crippen molar-refractivity contribution in [1.29, 1.82) is 0 Å². The first-order valence-electron chi connectivity index (χ1n) is 4.77. The average molecular weight is 270 g/mol. The van der Waals surface area contributed by atoms with Crippen LogP contribution >= 0.6 is 23.2 Å². The van der Waals surface area contributed by atoms with Gasteiger partial charge in [0.05, 0.1) is 24.5 Å². The van der Waals surface area contributed by atoms with Crippen molar-refractivity contribution in [3.63, 3.8) is 0 Å². The lowest BCUT2D eigenvalue weighted by Gasteiger charge is -2.08. The SMILES string of the molecule is COc1cc(Nc2cncc(Cl)n2)ccc1Cl. The van der Waals surface area contributed by atoms with E-state index in [1.54, 1.807) is 25.4 Å². The number of methoxy groups -OCH3 is 1. The van der Waals surface area contributed by atoms with E-state index < -0.39 is 0 Å². The minimum absolute atomic E-state index is 0.330. The van der Waals surface area contributed by atoms with Crippen LogP contribution in [0, 0.1) is 0 Å². The molecule has 2 rings (SSSR count). The van der Waals surface area contributed by atoms with Gasteiger partial charge in [0.25, 0.3) is 0 Å². The topological polar surface area (TPSA) is 47.0 Å². The van der Waals surface area contributed by atoms with E-state index in [-0.39, 0.29) is 0 Å². The highest BCUT2D eigenvalue weighted by Gasteiger charge is 2.03. The fraction of sp³-hybridized carbons (Fsp3) is 0.0909. The summed E-state index contributed by atoms with van der Waals surface area (Å²) in [5, 5.41) is 3.93. The van der Waals surface area contributed by atoms with Gasteiger partial charge < -0.3 is 10.1 Å². The Morgan fingerprint density at radius 2 is 2.06 bits per heavy atom. The molecule has 0 amide bonds. The maximum atomic E-state index is 5.92. The maximum Gasteiger partial charge on any atom is 0.150 e. The molecule has 1 aromatic carbocycles. The molecular formula is C11H9Cl2N3O. The number of nitrogens with zero attached hydrogens (tertiary/aromatic N) is 2. The molecule has 0 unspecified atom stereocenters. The zero-order chi connectivity index (χ0) is 12.3. The minimum Gasteiger partial charge on any atom is -0.495 e. The lowest BCUT2D eigenvalue weighted by Crippen LogP contribution is -1.95. The summed E-state index contributed by atoms with van der Waals surface area (Å²) in [6, 6.07) is 5.32. The molecule has 6 heteroatoms. The van der Waals surface area contributed by atoms with Crippen LogP contribution in [-0.2, 0) is 0 Å². The van der Waals surface area contributed by atoms with Gasteiger partial charge in [-0.05, 0) is 12.1 Å². The molecule has 1 aromatic heterocycles. The minimum atomic E-state index is 0.330. The fourth-order valence-corrected chi connectivity index (χ4v) is 1.63. The van der Waals surface area contributed by atoms with Crippen LogP contribution in [0.1, 0.15) is 0 Å². The van der Waals surface area contributed by atoms with Crippen molar-refractivity contribution in [2.75, 3.05) is 12.4 Å². The van der Waals surface area contributed by atoms with Gasteiger partial charge in [0.15, 0.2) is 5.82 Å². The van der Waals surface area contributed by atoms with E-state index in [1.807, 2.05) is 6.07 Å². The second-order valence-electron chi connectivity index (χ2n) is 3.20. The van der Waals surface area contributed by atoms with Gasteiger partial charge in [-0.15, -0.1) is 0 Å². The Bertz CT molecular complexity index is 534. The lowest BCUT2D eigenvalue weighted by atomic mass is 10.3. The molecule has 88 valence electrons. The van der Waals surface area contributed by atoms with Crippen LogP contribution in [0.2, 0.25) is 10.2 Å². The summed E-state index contributed by atoms with van der Waals surface area (Å²) in [5.74, 6) is 1.15. The highest BCUT2D eigenvalue weighted by molar-refractivity contribution is 6.32. The van der Waals surface area contributed by atoms with Gasteiger partial charge >= 0.3 is 0 Å². The molecule has 2 aromatic rings. The Morgan fingerprint density at radius 1 is 1.24 bits per heavy atom. The van der Waals surface area contributed by atoms with Crippen LogP contribution < -0.4 is 10.1 Å². The molecule has 1 N–H and O–H groups in total. The van der Waals surface area contributed by atoms with E-state index in [0.717, 1.165) is 5.69 Å². The third-order valence-electron chi connectivity index (χ3n) is 2.03. The summed E-state index contributed by atoms with van der Waals surface area (Å²) >= 11 is 11.7. The number of anilines is 2. The first kappa shape index (κ1) is 12.0. The first-order chi connectivity index (χ1) is 8.19. The second-order valence-corrected chi connectivity index (χ2v) is 4.00. The number of ether oxygens (including phenoxy) is 1. The van der Waals surface area contributed by atoms with Crippen molar-refractivity contribution in [3.05, 3.63) is 40.8 Å². The molecule has 1 heterocycles. The zero-order valence-electron chi connectivity index (χ0n) is 8.95. The Morgan fingerprint density at radius 3 is 2.76 bits per heavy atom. The number of halogens is 2. The molecule has 0 radical (unpaired) electrons. The third-order valence-corrected chi connectivity index (χ3v) is 2.52. The van der Waals surface area contributed by atoms with Crippen LogP contribution in [-0.4, -0.2) is 17.1 Å². The Labute approximate surface area is 109 Å². The Balaban J connectivity index is 2.24. The van der Waals surface area contributed by atoms with Gasteiger partial charge in [-0.25, -0.2) is 4.98 Å². The average Bonchev–Trinajstić information content (AvgIpc) is 2.32. The Kier molecular flexibility index (Phi) is 3.66. The van der Waals surface area contributed by atoms with Crippen molar-refractivity contribution >= 4 is 34.7 Å². The third kappa shape index (κ3) is 2.99. The Hall–Kier alpha value is -1.52. The van der Waals surface area contributed by atoms with Crippen molar-refractivity contribution in [1.82, 2.24) is 9.97 Å². The molecule has 0 atom stereocenters. The standard InChI is InChI=1S/C11H9Cl2N3O/c1-17-9-4-7(2-3-8(9)12)15-11-6-14-5-10(13)16-11/h2-6H,1H3,(H,15,16). The molecule has 0 aliphatic heterocycles. The van der Waals surface area contributed by atoms with Gasteiger partial charge in [-0.3, -0.25) is 4.98 Å². The largest absolute Gasteiger partial charge is 0.495 e. The van der Waals surface area contributed by atoms with E-state index in [0.29, 0.717) is 21.7 Å². The summed E-state index contributed by atoms with van der Waals surface area (Å²) in [6.45, 7) is 0. The van der Waals surface area contributed by atoms with Gasteiger partial charge in [-0.2, -0.15) is 0 Å². The first-order valence-corrected chi connectivity index (χ1v) is 5.53. The summed E-state index contributed by atoms with van der Waals surface area (Å²) in [6.07, 6.45) is 3.04. The predicted octanol–water partition coefficient (Wildman–Crippen LogP) is 3.54. The molecular weight excluding hydrogens is 261 g/mol. The van der Waals surface area contributed by atoms with Crippen LogP contribution in [0.25, 0.3) is 0 Å². The molecule has 0 aliphatic rings. The lowest BCUT2D eigenvalue weighted by molar-refractivity contribution is 0.415. The fourth-order valence-electron chi connectivity index (χ4n) is 1.29. The normalized spacial score (nSPS) is 10.1. The number of hydrogen-bond donors (Lipinski definition) is 1. The highest BCUT2D eigenvalue weighted by Crippen LogP contribution is 2.28. The van der Waals surface area contributed by atoms with Gasteiger partial charge in [0.2, 0.25) is 0 Å². The van der Waals surface area contributed by atoms with Crippen LogP contribution in [0.4, 0.5) is 11.5 Å². The van der Waals surface area contributed by atoms with Crippen molar-refractivity contribution in [3.8, 4) is 5.75 Å². The van der Waals surface area contributed by atoms with Gasteiger partial charge in [-0.1, -0.05) is 23.2 Å². The number of hydrogen-bond acceptors (Lipinski definition) is 4. The van der Waals surface area contributed by atoms with E-state index in [9.17, 15) is 0 Å². The maximum absolute atomic E-state index is 5.92. The van der Waals surface area contributed by atoms with E-state index in [2.05, 4.69) is 15.3 Å². The molecule has 0 saturated heterocycles. The van der Waals surface area contributed by atoms with Gasteiger partial charge in [0, 0.05) is 11.8 Å². The molecule has 0 aliphatic carbocycles. The van der Waals surface area contributed by atoms with Crippen LogP contribution in [0.15, 0.2) is 30.6 Å². The van der Waals surface area contributed by atoms with Crippen LogP contribution in [0.3, 0.4) is 0 Å². The van der Waals surface area contributed by atoms with Gasteiger partial charge in [0.1, 0.15) is 10.9 Å². The molecule has 0 saturated carbocycles. The van der Waals surface area contributed by atoms with Crippen LogP contribution in [0.5, 0.6) is 5.75 Å². The van der Waals surface area contributed by atoms with E-state index >= 15 is 0 Å². The summed E-state index contributed by atoms with van der Waals surface area (Å²) < 4.78 is 5.11. The summed E-state index contributed by atoms with van der Waals surface area (Å²) in [5.41, 5.74) is 0.794. The molecule has 0 fully saturated rings.